The number of methoxy groups -OCH3 is 2. The van der Waals surface area contributed by atoms with Crippen LogP contribution < -0.4 is 20.1 Å². The molecular formula is C9H13N5O2. The topological polar surface area (TPSA) is 80.7 Å². The fourth-order valence-electron chi connectivity index (χ4n) is 1.37. The van der Waals surface area contributed by atoms with Gasteiger partial charge in [-0.25, -0.2) is 0 Å². The van der Waals surface area contributed by atoms with E-state index in [-0.39, 0.29) is 0 Å². The van der Waals surface area contributed by atoms with E-state index >= 15 is 0 Å². The van der Waals surface area contributed by atoms with Crippen molar-refractivity contribution >= 4 is 11.6 Å². The van der Waals surface area contributed by atoms with Crippen molar-refractivity contribution in [1.82, 2.24) is 15.3 Å². The summed E-state index contributed by atoms with van der Waals surface area (Å²) in [6.45, 7) is 1.57. The third-order valence-electron chi connectivity index (χ3n) is 2.08. The zero-order valence-electron chi connectivity index (χ0n) is 9.15. The first-order valence-electron chi connectivity index (χ1n) is 4.83. The number of aromatic nitrogens is 2. The Labute approximate surface area is 92.9 Å². The molecule has 0 spiro atoms. The fraction of sp³-hybridized carbons (Fsp3) is 0.444. The summed E-state index contributed by atoms with van der Waals surface area (Å²) in [6.07, 6.45) is 1.38. The van der Waals surface area contributed by atoms with E-state index in [2.05, 4.69) is 25.6 Å². The van der Waals surface area contributed by atoms with Crippen LogP contribution in [0.15, 0.2) is 11.3 Å². The van der Waals surface area contributed by atoms with Gasteiger partial charge in [0.15, 0.2) is 11.6 Å². The molecule has 0 saturated carbocycles. The molecule has 2 heterocycles. The van der Waals surface area contributed by atoms with E-state index in [9.17, 15) is 0 Å². The van der Waals surface area contributed by atoms with Gasteiger partial charge in [-0.1, -0.05) is 0 Å². The largest absolute Gasteiger partial charge is 0.479 e. The summed E-state index contributed by atoms with van der Waals surface area (Å²) in [5, 5.41) is 6.12. The van der Waals surface area contributed by atoms with Crippen LogP contribution in [0.25, 0.3) is 0 Å². The Morgan fingerprint density at radius 3 is 2.44 bits per heavy atom. The van der Waals surface area contributed by atoms with Gasteiger partial charge in [-0.2, -0.15) is 9.97 Å². The summed E-state index contributed by atoms with van der Waals surface area (Å²) in [6, 6.07) is 0. The summed E-state index contributed by atoms with van der Waals surface area (Å²) in [7, 11) is 3.08. The standard InChI is InChI=1S/C9H13N5O2/c1-15-7-6(8(16-2)13-5-12-7)14-9-10-3-4-11-9/h5H,3-4H2,1-2H3,(H2,10,11,14). The van der Waals surface area contributed by atoms with E-state index in [1.54, 1.807) is 0 Å². The van der Waals surface area contributed by atoms with Crippen LogP contribution in [0.1, 0.15) is 0 Å². The van der Waals surface area contributed by atoms with Gasteiger partial charge in [0, 0.05) is 6.54 Å². The van der Waals surface area contributed by atoms with Crippen LogP contribution in [0, 0.1) is 0 Å². The van der Waals surface area contributed by atoms with Crippen molar-refractivity contribution in [1.29, 1.82) is 0 Å². The van der Waals surface area contributed by atoms with Gasteiger partial charge in [-0.15, -0.1) is 0 Å². The minimum absolute atomic E-state index is 0.420. The van der Waals surface area contributed by atoms with Crippen molar-refractivity contribution < 1.29 is 9.47 Å². The smallest absolute Gasteiger partial charge is 0.244 e. The number of hydrogen-bond acceptors (Lipinski definition) is 7. The molecule has 0 atom stereocenters. The molecule has 2 rings (SSSR count). The molecule has 0 saturated heterocycles. The highest BCUT2D eigenvalue weighted by molar-refractivity contribution is 5.96. The number of anilines is 1. The first-order valence-corrected chi connectivity index (χ1v) is 4.83. The number of rotatable bonds is 3. The third-order valence-corrected chi connectivity index (χ3v) is 2.08. The molecule has 0 aliphatic carbocycles. The number of nitrogens with one attached hydrogen (secondary N) is 2. The molecule has 0 radical (unpaired) electrons. The second kappa shape index (κ2) is 4.65. The fourth-order valence-corrected chi connectivity index (χ4v) is 1.37. The predicted molar refractivity (Wildman–Crippen MR) is 59.1 cm³/mol. The van der Waals surface area contributed by atoms with Crippen LogP contribution in [0.3, 0.4) is 0 Å². The molecule has 16 heavy (non-hydrogen) atoms. The van der Waals surface area contributed by atoms with E-state index < -0.39 is 0 Å². The maximum absolute atomic E-state index is 5.12. The molecule has 86 valence electrons. The molecule has 0 fully saturated rings. The van der Waals surface area contributed by atoms with E-state index in [0.717, 1.165) is 13.1 Å². The second-order valence-electron chi connectivity index (χ2n) is 3.05. The lowest BCUT2D eigenvalue weighted by molar-refractivity contribution is 0.376. The van der Waals surface area contributed by atoms with E-state index in [4.69, 9.17) is 9.47 Å². The molecule has 1 aliphatic rings. The lowest BCUT2D eigenvalue weighted by Gasteiger charge is -2.12. The summed E-state index contributed by atoms with van der Waals surface area (Å²) < 4.78 is 10.2. The maximum Gasteiger partial charge on any atom is 0.244 e. The van der Waals surface area contributed by atoms with Gasteiger partial charge in [0.2, 0.25) is 11.8 Å². The lowest BCUT2D eigenvalue weighted by atomic mass is 10.4. The van der Waals surface area contributed by atoms with Crippen LogP contribution in [-0.4, -0.2) is 43.2 Å². The van der Waals surface area contributed by atoms with Gasteiger partial charge < -0.3 is 20.1 Å². The molecule has 7 nitrogen and oxygen atoms in total. The normalized spacial score (nSPS) is 14.0. The van der Waals surface area contributed by atoms with Crippen LogP contribution in [0.5, 0.6) is 11.8 Å². The number of guanidine groups is 1. The molecule has 1 aliphatic heterocycles. The van der Waals surface area contributed by atoms with Crippen molar-refractivity contribution in [2.75, 3.05) is 32.6 Å². The zero-order chi connectivity index (χ0) is 11.4. The molecular weight excluding hydrogens is 210 g/mol. The Morgan fingerprint density at radius 2 is 1.94 bits per heavy atom. The van der Waals surface area contributed by atoms with Gasteiger partial charge >= 0.3 is 0 Å². The van der Waals surface area contributed by atoms with Gasteiger partial charge in [0.25, 0.3) is 0 Å². The van der Waals surface area contributed by atoms with Gasteiger partial charge in [-0.05, 0) is 0 Å². The van der Waals surface area contributed by atoms with Gasteiger partial charge in [0.05, 0.1) is 20.8 Å². The highest BCUT2D eigenvalue weighted by Gasteiger charge is 2.15. The van der Waals surface area contributed by atoms with Crippen molar-refractivity contribution in [2.45, 2.75) is 0 Å². The Kier molecular flexibility index (Phi) is 3.04. The number of hydrogen-bond donors (Lipinski definition) is 2. The molecule has 2 N–H and O–H groups in total. The highest BCUT2D eigenvalue weighted by Crippen LogP contribution is 2.29. The summed E-state index contributed by atoms with van der Waals surface area (Å²) in [5.41, 5.74) is 0.570. The third kappa shape index (κ3) is 1.97. The lowest BCUT2D eigenvalue weighted by Crippen LogP contribution is -2.26. The van der Waals surface area contributed by atoms with Crippen LogP contribution >= 0.6 is 0 Å². The van der Waals surface area contributed by atoms with Gasteiger partial charge in [0.1, 0.15) is 6.33 Å². The molecule has 0 unspecified atom stereocenters. The Bertz CT molecular complexity index is 385. The highest BCUT2D eigenvalue weighted by atomic mass is 16.5. The summed E-state index contributed by atoms with van der Waals surface area (Å²) in [4.78, 5) is 12.2. The molecule has 1 aromatic heterocycles. The molecule has 7 heteroatoms. The molecule has 0 amide bonds. The Balaban J connectivity index is 2.28. The van der Waals surface area contributed by atoms with E-state index in [1.165, 1.54) is 20.5 Å². The molecule has 0 bridgehead atoms. The Morgan fingerprint density at radius 1 is 1.25 bits per heavy atom. The summed E-state index contributed by atoms with van der Waals surface area (Å²) in [5.74, 6) is 1.51. The van der Waals surface area contributed by atoms with E-state index in [0.29, 0.717) is 23.4 Å². The minimum atomic E-state index is 0.420. The zero-order valence-corrected chi connectivity index (χ0v) is 9.15. The molecule has 0 aromatic carbocycles. The van der Waals surface area contributed by atoms with Crippen LogP contribution in [-0.2, 0) is 0 Å². The SMILES string of the molecule is COc1ncnc(OC)c1NC1=NCCN1. The van der Waals surface area contributed by atoms with Crippen LogP contribution in [0.2, 0.25) is 0 Å². The second-order valence-corrected chi connectivity index (χ2v) is 3.05. The predicted octanol–water partition coefficient (Wildman–Crippen LogP) is -0.135. The average molecular weight is 223 g/mol. The van der Waals surface area contributed by atoms with Gasteiger partial charge in [-0.3, -0.25) is 4.99 Å². The number of aliphatic imine (C=N–C) groups is 1. The first kappa shape index (κ1) is 10.5. The number of ether oxygens (including phenoxy) is 2. The Hall–Kier alpha value is -2.05. The molecule has 1 aromatic rings. The first-order chi connectivity index (χ1) is 7.85. The average Bonchev–Trinajstić information content (AvgIpc) is 2.82. The quantitative estimate of drug-likeness (QED) is 0.742. The monoisotopic (exact) mass is 223 g/mol. The minimum Gasteiger partial charge on any atom is -0.479 e. The maximum atomic E-state index is 5.12. The van der Waals surface area contributed by atoms with E-state index in [1.807, 2.05) is 0 Å². The van der Waals surface area contributed by atoms with Crippen LogP contribution in [0.4, 0.5) is 5.69 Å². The number of nitrogens with zero attached hydrogens (tertiary/aromatic N) is 3. The van der Waals surface area contributed by atoms with Crippen molar-refractivity contribution in [3.63, 3.8) is 0 Å². The van der Waals surface area contributed by atoms with Crippen molar-refractivity contribution in [2.24, 2.45) is 4.99 Å². The van der Waals surface area contributed by atoms with Crippen molar-refractivity contribution in [3.05, 3.63) is 6.33 Å². The van der Waals surface area contributed by atoms with Crippen molar-refractivity contribution in [3.8, 4) is 11.8 Å². The summed E-state index contributed by atoms with van der Waals surface area (Å²) >= 11 is 0.